The number of nitrogens with one attached hydrogen (secondary N) is 1. The Balaban J connectivity index is 1.41. The number of nitrogens with zero attached hydrogens (tertiary/aromatic N) is 1. The molecule has 0 aliphatic heterocycles. The highest BCUT2D eigenvalue weighted by Crippen LogP contribution is 2.29. The van der Waals surface area contributed by atoms with E-state index in [0.29, 0.717) is 47.7 Å². The molecule has 0 fully saturated rings. The largest absolute Gasteiger partial charge is 0.491 e. The van der Waals surface area contributed by atoms with Gasteiger partial charge in [0.2, 0.25) is 0 Å². The van der Waals surface area contributed by atoms with Crippen molar-refractivity contribution in [3.63, 3.8) is 0 Å². The molecule has 4 aromatic rings. The summed E-state index contributed by atoms with van der Waals surface area (Å²) >= 11 is 0. The number of unbranched alkanes of at least 4 members (excludes halogenated alkanes) is 1. The molecule has 0 aliphatic carbocycles. The van der Waals surface area contributed by atoms with Gasteiger partial charge in [-0.15, -0.1) is 0 Å². The van der Waals surface area contributed by atoms with Gasteiger partial charge < -0.3 is 20.1 Å². The van der Waals surface area contributed by atoms with Crippen LogP contribution in [0.5, 0.6) is 5.75 Å². The zero-order chi connectivity index (χ0) is 29.2. The Labute approximate surface area is 239 Å². The molecule has 0 saturated heterocycles. The smallest absolute Gasteiger partial charge is 0.327 e. The van der Waals surface area contributed by atoms with Gasteiger partial charge in [0.05, 0.1) is 12.3 Å². The van der Waals surface area contributed by atoms with E-state index in [0.717, 1.165) is 22.8 Å². The first-order valence-corrected chi connectivity index (χ1v) is 13.3. The molecule has 208 valence electrons. The summed E-state index contributed by atoms with van der Waals surface area (Å²) in [7, 11) is 1.68. The van der Waals surface area contributed by atoms with E-state index in [1.807, 2.05) is 61.5 Å². The van der Waals surface area contributed by atoms with E-state index < -0.39 is 5.97 Å². The lowest BCUT2D eigenvalue weighted by Crippen LogP contribution is -2.26. The van der Waals surface area contributed by atoms with Gasteiger partial charge in [-0.1, -0.05) is 66.2 Å². The van der Waals surface area contributed by atoms with Crippen molar-refractivity contribution in [2.75, 3.05) is 23.9 Å². The molecule has 0 heterocycles. The summed E-state index contributed by atoms with van der Waals surface area (Å²) in [6.07, 6.45) is 3.91. The van der Waals surface area contributed by atoms with Crippen LogP contribution in [-0.2, 0) is 4.79 Å². The predicted molar refractivity (Wildman–Crippen MR) is 162 cm³/mol. The number of amides is 2. The molecule has 0 radical (unpaired) electrons. The van der Waals surface area contributed by atoms with Crippen LogP contribution in [0, 0.1) is 6.92 Å². The Morgan fingerprint density at radius 2 is 1.56 bits per heavy atom. The van der Waals surface area contributed by atoms with E-state index in [9.17, 15) is 14.4 Å². The van der Waals surface area contributed by atoms with Crippen LogP contribution in [0.25, 0.3) is 11.1 Å². The standard InChI is InChI=1S/C34H32N2O5/c1-24-15-17-25(18-16-24)28-10-5-6-11-29(28)33(39)35-27-21-19-26(20-22-27)34(40)36(2)30-12-7-8-13-31(30)41-23-9-3-4-14-32(37)38/h4-8,10-22H,3,9,23H2,1-2H3,(H,35,39)(H,37,38)/b14-4+. The van der Waals surface area contributed by atoms with E-state index in [1.165, 1.54) is 4.90 Å². The molecule has 0 bridgehead atoms. The van der Waals surface area contributed by atoms with Crippen molar-refractivity contribution in [3.05, 3.63) is 126 Å². The Morgan fingerprint density at radius 1 is 0.878 bits per heavy atom. The molecule has 2 amide bonds. The normalized spacial score (nSPS) is 10.8. The van der Waals surface area contributed by atoms with Crippen LogP contribution < -0.4 is 15.0 Å². The minimum atomic E-state index is -0.977. The minimum absolute atomic E-state index is 0.229. The Hall–Kier alpha value is -5.17. The van der Waals surface area contributed by atoms with Gasteiger partial charge in [0.15, 0.2) is 0 Å². The number of benzene rings is 4. The first-order valence-electron chi connectivity index (χ1n) is 13.3. The molecule has 7 heteroatoms. The van der Waals surface area contributed by atoms with Gasteiger partial charge in [0, 0.05) is 29.9 Å². The maximum absolute atomic E-state index is 13.3. The molecule has 0 aliphatic rings. The lowest BCUT2D eigenvalue weighted by Gasteiger charge is -2.21. The van der Waals surface area contributed by atoms with Gasteiger partial charge in [0.1, 0.15) is 5.75 Å². The summed E-state index contributed by atoms with van der Waals surface area (Å²) in [6, 6.07) is 29.5. The van der Waals surface area contributed by atoms with Gasteiger partial charge in [0.25, 0.3) is 11.8 Å². The molecule has 2 N–H and O–H groups in total. The zero-order valence-electron chi connectivity index (χ0n) is 23.0. The number of allylic oxidation sites excluding steroid dienone is 1. The van der Waals surface area contributed by atoms with Crippen molar-refractivity contribution in [1.29, 1.82) is 0 Å². The van der Waals surface area contributed by atoms with Gasteiger partial charge >= 0.3 is 5.97 Å². The van der Waals surface area contributed by atoms with Crippen molar-refractivity contribution < 1.29 is 24.2 Å². The number of anilines is 2. The fourth-order valence-electron chi connectivity index (χ4n) is 4.29. The van der Waals surface area contributed by atoms with Crippen LogP contribution in [0.2, 0.25) is 0 Å². The average Bonchev–Trinajstić information content (AvgIpc) is 2.99. The third-order valence-corrected chi connectivity index (χ3v) is 6.49. The fourth-order valence-corrected chi connectivity index (χ4v) is 4.29. The second-order valence-corrected chi connectivity index (χ2v) is 9.51. The molecular weight excluding hydrogens is 516 g/mol. The van der Waals surface area contributed by atoms with Crippen LogP contribution >= 0.6 is 0 Å². The van der Waals surface area contributed by atoms with E-state index >= 15 is 0 Å². The molecule has 0 aromatic heterocycles. The Bertz CT molecular complexity index is 1540. The molecule has 4 rings (SSSR count). The van der Waals surface area contributed by atoms with E-state index in [2.05, 4.69) is 5.32 Å². The summed E-state index contributed by atoms with van der Waals surface area (Å²) in [5.74, 6) is -0.883. The number of para-hydroxylation sites is 2. The van der Waals surface area contributed by atoms with E-state index in [-0.39, 0.29) is 11.8 Å². The van der Waals surface area contributed by atoms with Gasteiger partial charge in [-0.25, -0.2) is 4.79 Å². The van der Waals surface area contributed by atoms with Crippen LogP contribution in [0.1, 0.15) is 39.1 Å². The second kappa shape index (κ2) is 13.8. The number of hydrogen-bond donors (Lipinski definition) is 2. The first kappa shape index (κ1) is 28.8. The van der Waals surface area contributed by atoms with Crippen LogP contribution in [0.3, 0.4) is 0 Å². The molecule has 0 spiro atoms. The highest BCUT2D eigenvalue weighted by atomic mass is 16.5. The van der Waals surface area contributed by atoms with E-state index in [4.69, 9.17) is 9.84 Å². The number of rotatable bonds is 11. The number of aryl methyl sites for hydroxylation is 1. The molecule has 41 heavy (non-hydrogen) atoms. The summed E-state index contributed by atoms with van der Waals surface area (Å²) in [6.45, 7) is 2.40. The number of hydrogen-bond acceptors (Lipinski definition) is 4. The SMILES string of the molecule is Cc1ccc(-c2ccccc2C(=O)Nc2ccc(C(=O)N(C)c3ccccc3OCCC/C=C/C(=O)O)cc2)cc1. The fraction of sp³-hybridized carbons (Fsp3) is 0.147. The van der Waals surface area contributed by atoms with Crippen LogP contribution in [0.15, 0.2) is 109 Å². The highest BCUT2D eigenvalue weighted by Gasteiger charge is 2.18. The summed E-state index contributed by atoms with van der Waals surface area (Å²) in [4.78, 5) is 38.5. The number of carboxylic acid groups (broad SMARTS) is 1. The number of carbonyl (C=O) groups excluding carboxylic acids is 2. The Morgan fingerprint density at radius 3 is 2.29 bits per heavy atom. The van der Waals surface area contributed by atoms with Crippen molar-refractivity contribution in [1.82, 2.24) is 0 Å². The average molecular weight is 549 g/mol. The zero-order valence-corrected chi connectivity index (χ0v) is 23.0. The monoisotopic (exact) mass is 548 g/mol. The predicted octanol–water partition coefficient (Wildman–Crippen LogP) is 6.99. The third kappa shape index (κ3) is 7.70. The summed E-state index contributed by atoms with van der Waals surface area (Å²) in [5.41, 5.74) is 5.16. The van der Waals surface area contributed by atoms with Crippen molar-refractivity contribution in [2.24, 2.45) is 0 Å². The molecule has 4 aromatic carbocycles. The number of carboxylic acids is 1. The molecule has 0 unspecified atom stereocenters. The lowest BCUT2D eigenvalue weighted by molar-refractivity contribution is -0.131. The van der Waals surface area contributed by atoms with Gasteiger partial charge in [-0.2, -0.15) is 0 Å². The highest BCUT2D eigenvalue weighted by molar-refractivity contribution is 6.09. The topological polar surface area (TPSA) is 95.9 Å². The lowest BCUT2D eigenvalue weighted by atomic mass is 9.98. The summed E-state index contributed by atoms with van der Waals surface area (Å²) in [5, 5.41) is 11.6. The quantitative estimate of drug-likeness (QED) is 0.156. The number of aliphatic carboxylic acids is 1. The number of carbonyl (C=O) groups is 3. The second-order valence-electron chi connectivity index (χ2n) is 9.51. The van der Waals surface area contributed by atoms with Crippen molar-refractivity contribution >= 4 is 29.2 Å². The van der Waals surface area contributed by atoms with Gasteiger partial charge in [-0.3, -0.25) is 9.59 Å². The molecule has 0 saturated carbocycles. The molecule has 7 nitrogen and oxygen atoms in total. The van der Waals surface area contributed by atoms with Gasteiger partial charge in [-0.05, 0) is 73.4 Å². The van der Waals surface area contributed by atoms with E-state index in [1.54, 1.807) is 55.6 Å². The van der Waals surface area contributed by atoms with Crippen LogP contribution in [-0.4, -0.2) is 36.5 Å². The summed E-state index contributed by atoms with van der Waals surface area (Å²) < 4.78 is 5.88. The minimum Gasteiger partial charge on any atom is -0.491 e. The Kier molecular flexibility index (Phi) is 9.67. The first-order chi connectivity index (χ1) is 19.8. The molecule has 0 atom stereocenters. The van der Waals surface area contributed by atoms with Crippen molar-refractivity contribution in [3.8, 4) is 16.9 Å². The maximum Gasteiger partial charge on any atom is 0.327 e. The molecular formula is C34H32N2O5. The van der Waals surface area contributed by atoms with Crippen molar-refractivity contribution in [2.45, 2.75) is 19.8 Å². The van der Waals surface area contributed by atoms with Crippen LogP contribution in [0.4, 0.5) is 11.4 Å². The number of ether oxygens (including phenoxy) is 1. The third-order valence-electron chi connectivity index (χ3n) is 6.49. The maximum atomic E-state index is 13.3.